The van der Waals surface area contributed by atoms with Gasteiger partial charge in [-0.05, 0) is 19.1 Å². The summed E-state index contributed by atoms with van der Waals surface area (Å²) in [6.07, 6.45) is 0.641. The Morgan fingerprint density at radius 1 is 1.40 bits per heavy atom. The van der Waals surface area contributed by atoms with Crippen LogP contribution in [-0.2, 0) is 17.8 Å². The maximum atomic E-state index is 12.6. The second-order valence-corrected chi connectivity index (χ2v) is 9.01. The Labute approximate surface area is 158 Å². The third-order valence-corrected chi connectivity index (χ3v) is 6.87. The first kappa shape index (κ1) is 18.4. The van der Waals surface area contributed by atoms with Gasteiger partial charge in [-0.2, -0.15) is 0 Å². The number of aryl methyl sites for hydroxylation is 1. The maximum absolute atomic E-state index is 12.6. The van der Waals surface area contributed by atoms with Gasteiger partial charge in [0.15, 0.2) is 9.50 Å². The van der Waals surface area contributed by atoms with E-state index in [0.717, 1.165) is 21.3 Å². The van der Waals surface area contributed by atoms with Gasteiger partial charge in [0.2, 0.25) is 11.0 Å². The van der Waals surface area contributed by atoms with E-state index in [0.29, 0.717) is 29.0 Å². The van der Waals surface area contributed by atoms with Crippen LogP contribution in [0.3, 0.4) is 0 Å². The summed E-state index contributed by atoms with van der Waals surface area (Å²) >= 11 is 4.41. The number of nitrogens with one attached hydrogen (secondary N) is 1. The summed E-state index contributed by atoms with van der Waals surface area (Å²) < 4.78 is 2.47. The molecule has 1 aliphatic heterocycles. The molecule has 0 aliphatic carbocycles. The molecule has 0 radical (unpaired) electrons. The van der Waals surface area contributed by atoms with Crippen LogP contribution in [0.25, 0.3) is 0 Å². The van der Waals surface area contributed by atoms with Crippen molar-refractivity contribution in [2.24, 2.45) is 5.92 Å². The van der Waals surface area contributed by atoms with Crippen LogP contribution in [-0.4, -0.2) is 37.2 Å². The molecule has 0 fully saturated rings. The van der Waals surface area contributed by atoms with Crippen molar-refractivity contribution >= 4 is 45.9 Å². The van der Waals surface area contributed by atoms with E-state index < -0.39 is 0 Å². The van der Waals surface area contributed by atoms with Gasteiger partial charge < -0.3 is 5.32 Å². The minimum atomic E-state index is -0.296. The second kappa shape index (κ2) is 7.88. The molecule has 0 bridgehead atoms. The number of carbonyl (C=O) groups is 1. The molecule has 0 spiro atoms. The van der Waals surface area contributed by atoms with Crippen LogP contribution >= 0.6 is 34.9 Å². The minimum absolute atomic E-state index is 0.0347. The molecular formula is C15H19N5O2S3. The SMILES string of the molecule is CCSc1nnc(NC(=O)C2CSc3nc(C)c(CC)c(=O)n3C2)s1. The molecule has 1 amide bonds. The standard InChI is InChI=1S/C15H19N5O2S3/c1-4-10-8(3)16-14-20(12(10)22)6-9(7-24-14)11(21)17-13-18-19-15(25-13)23-5-2/h9H,4-7H2,1-3H3,(H,17,18,21). The number of fused-ring (bicyclic) bond motifs is 1. The molecule has 1 atom stereocenters. The fraction of sp³-hybridized carbons (Fsp3) is 0.533. The topological polar surface area (TPSA) is 89.8 Å². The summed E-state index contributed by atoms with van der Waals surface area (Å²) in [4.78, 5) is 29.7. The zero-order valence-corrected chi connectivity index (χ0v) is 16.7. The van der Waals surface area contributed by atoms with E-state index >= 15 is 0 Å². The van der Waals surface area contributed by atoms with Crippen LogP contribution in [0.15, 0.2) is 14.3 Å². The fourth-order valence-corrected chi connectivity index (χ4v) is 5.38. The van der Waals surface area contributed by atoms with Crippen LogP contribution in [0.1, 0.15) is 25.1 Å². The van der Waals surface area contributed by atoms with Crippen molar-refractivity contribution in [1.29, 1.82) is 0 Å². The molecular weight excluding hydrogens is 378 g/mol. The molecule has 7 nitrogen and oxygen atoms in total. The Kier molecular flexibility index (Phi) is 5.80. The van der Waals surface area contributed by atoms with Crippen LogP contribution in [0.5, 0.6) is 0 Å². The fourth-order valence-electron chi connectivity index (χ4n) is 2.61. The molecule has 0 saturated carbocycles. The Morgan fingerprint density at radius 3 is 2.92 bits per heavy atom. The summed E-state index contributed by atoms with van der Waals surface area (Å²) in [5, 5.41) is 12.1. The van der Waals surface area contributed by atoms with Crippen molar-refractivity contribution < 1.29 is 4.79 Å². The predicted molar refractivity (Wildman–Crippen MR) is 102 cm³/mol. The van der Waals surface area contributed by atoms with Gasteiger partial charge in [0.25, 0.3) is 5.56 Å². The summed E-state index contributed by atoms with van der Waals surface area (Å²) in [6.45, 7) is 6.20. The van der Waals surface area contributed by atoms with Gasteiger partial charge in [0.05, 0.1) is 5.92 Å². The Balaban J connectivity index is 1.75. The summed E-state index contributed by atoms with van der Waals surface area (Å²) in [5.74, 6) is 1.08. The Morgan fingerprint density at radius 2 is 2.20 bits per heavy atom. The van der Waals surface area contributed by atoms with Gasteiger partial charge in [0, 0.05) is 23.6 Å². The third kappa shape index (κ3) is 3.90. The number of hydrogen-bond acceptors (Lipinski definition) is 8. The largest absolute Gasteiger partial charge is 0.300 e. The Hall–Kier alpha value is -1.39. The number of thioether (sulfide) groups is 2. The van der Waals surface area contributed by atoms with Crippen LogP contribution < -0.4 is 10.9 Å². The molecule has 134 valence electrons. The lowest BCUT2D eigenvalue weighted by molar-refractivity contribution is -0.119. The summed E-state index contributed by atoms with van der Waals surface area (Å²) in [7, 11) is 0. The van der Waals surface area contributed by atoms with Crippen molar-refractivity contribution in [2.45, 2.75) is 43.2 Å². The lowest BCUT2D eigenvalue weighted by atomic mass is 10.1. The number of anilines is 1. The lowest BCUT2D eigenvalue weighted by Gasteiger charge is -2.24. The van der Waals surface area contributed by atoms with Crippen molar-refractivity contribution in [3.8, 4) is 0 Å². The summed E-state index contributed by atoms with van der Waals surface area (Å²) in [5.41, 5.74) is 1.47. The molecule has 1 N–H and O–H groups in total. The van der Waals surface area contributed by atoms with E-state index in [1.807, 2.05) is 20.8 Å². The van der Waals surface area contributed by atoms with Gasteiger partial charge in [-0.1, -0.05) is 48.7 Å². The minimum Gasteiger partial charge on any atom is -0.300 e. The first-order valence-electron chi connectivity index (χ1n) is 8.03. The normalized spacial score (nSPS) is 16.5. The average molecular weight is 398 g/mol. The van der Waals surface area contributed by atoms with E-state index in [9.17, 15) is 9.59 Å². The van der Waals surface area contributed by atoms with Crippen LogP contribution in [0.2, 0.25) is 0 Å². The van der Waals surface area contributed by atoms with E-state index in [1.165, 1.54) is 23.1 Å². The highest BCUT2D eigenvalue weighted by Gasteiger charge is 2.28. The highest BCUT2D eigenvalue weighted by atomic mass is 32.2. The van der Waals surface area contributed by atoms with Crippen molar-refractivity contribution in [3.63, 3.8) is 0 Å². The molecule has 1 unspecified atom stereocenters. The average Bonchev–Trinajstić information content (AvgIpc) is 3.02. The highest BCUT2D eigenvalue weighted by molar-refractivity contribution is 8.01. The molecule has 10 heteroatoms. The monoisotopic (exact) mass is 397 g/mol. The van der Waals surface area contributed by atoms with Gasteiger partial charge in [-0.25, -0.2) is 4.98 Å². The number of hydrogen-bond donors (Lipinski definition) is 1. The Bertz CT molecular complexity index is 848. The number of amides is 1. The van der Waals surface area contributed by atoms with E-state index in [1.54, 1.807) is 16.3 Å². The first-order valence-corrected chi connectivity index (χ1v) is 10.8. The molecule has 1 aliphatic rings. The van der Waals surface area contributed by atoms with Gasteiger partial charge >= 0.3 is 0 Å². The maximum Gasteiger partial charge on any atom is 0.257 e. The van der Waals surface area contributed by atoms with Crippen molar-refractivity contribution in [2.75, 3.05) is 16.8 Å². The molecule has 2 aromatic heterocycles. The third-order valence-electron chi connectivity index (χ3n) is 3.88. The lowest BCUT2D eigenvalue weighted by Crippen LogP contribution is -2.38. The quantitative estimate of drug-likeness (QED) is 0.471. The zero-order chi connectivity index (χ0) is 18.0. The van der Waals surface area contributed by atoms with Crippen LogP contribution in [0, 0.1) is 12.8 Å². The predicted octanol–water partition coefficient (Wildman–Crippen LogP) is 2.44. The van der Waals surface area contributed by atoms with Gasteiger partial charge in [-0.3, -0.25) is 14.2 Å². The molecule has 25 heavy (non-hydrogen) atoms. The molecule has 0 aromatic carbocycles. The summed E-state index contributed by atoms with van der Waals surface area (Å²) in [6, 6.07) is 0. The van der Waals surface area contributed by atoms with Crippen molar-refractivity contribution in [1.82, 2.24) is 19.7 Å². The highest BCUT2D eigenvalue weighted by Crippen LogP contribution is 2.28. The smallest absolute Gasteiger partial charge is 0.257 e. The van der Waals surface area contributed by atoms with Crippen molar-refractivity contribution in [3.05, 3.63) is 21.6 Å². The molecule has 3 heterocycles. The molecule has 3 rings (SSSR count). The number of carbonyl (C=O) groups excluding carboxylic acids is 1. The number of rotatable bonds is 5. The van der Waals surface area contributed by atoms with E-state index in [4.69, 9.17) is 0 Å². The zero-order valence-electron chi connectivity index (χ0n) is 14.2. The number of aromatic nitrogens is 4. The van der Waals surface area contributed by atoms with Crippen LogP contribution in [0.4, 0.5) is 5.13 Å². The second-order valence-electron chi connectivity index (χ2n) is 5.53. The van der Waals surface area contributed by atoms with E-state index in [2.05, 4.69) is 20.5 Å². The molecule has 0 saturated heterocycles. The number of nitrogens with zero attached hydrogens (tertiary/aromatic N) is 4. The first-order chi connectivity index (χ1) is 12.0. The van der Waals surface area contributed by atoms with Gasteiger partial charge in [0.1, 0.15) is 0 Å². The van der Waals surface area contributed by atoms with Gasteiger partial charge in [-0.15, -0.1) is 10.2 Å². The molecule has 2 aromatic rings. The van der Waals surface area contributed by atoms with E-state index in [-0.39, 0.29) is 17.4 Å².